The summed E-state index contributed by atoms with van der Waals surface area (Å²) in [5.74, 6) is -0.368. The van der Waals surface area contributed by atoms with E-state index in [0.29, 0.717) is 6.42 Å². The highest BCUT2D eigenvalue weighted by Gasteiger charge is 2.46. The predicted molar refractivity (Wildman–Crippen MR) is 78.1 cm³/mol. The summed E-state index contributed by atoms with van der Waals surface area (Å²) in [6.07, 6.45) is -0.198. The molecule has 0 bridgehead atoms. The Labute approximate surface area is 118 Å². The second-order valence-electron chi connectivity index (χ2n) is 5.13. The van der Waals surface area contributed by atoms with Crippen molar-refractivity contribution in [3.05, 3.63) is 0 Å². The van der Waals surface area contributed by atoms with Crippen LogP contribution >= 0.6 is 0 Å². The van der Waals surface area contributed by atoms with Crippen LogP contribution in [-0.2, 0) is 14.0 Å². The maximum atomic E-state index is 12.0. The standard InChI is InChI=1S/C14H27NO3Si/c1-7-14(5,13(16)17-6)12(11-15)18-19(8-2,9-3)10-4/h12H,7-10H2,1-6H3/t12?,14-/m0/s1. The van der Waals surface area contributed by atoms with Crippen molar-refractivity contribution in [2.45, 2.75) is 65.3 Å². The number of carbonyl (C=O) groups excluding carboxylic acids is 1. The Hall–Kier alpha value is -0.863. The zero-order valence-corrected chi connectivity index (χ0v) is 14.1. The molecule has 110 valence electrons. The SMILES string of the molecule is CC[C@](C)(C(=O)OC)C(C#N)O[Si](CC)(CC)CC. The highest BCUT2D eigenvalue weighted by atomic mass is 28.4. The van der Waals surface area contributed by atoms with Gasteiger partial charge < -0.3 is 9.16 Å². The van der Waals surface area contributed by atoms with E-state index in [9.17, 15) is 10.1 Å². The molecular weight excluding hydrogens is 258 g/mol. The Bertz CT molecular complexity index is 328. The first-order chi connectivity index (χ1) is 8.89. The van der Waals surface area contributed by atoms with Crippen LogP contribution in [0.1, 0.15) is 41.0 Å². The van der Waals surface area contributed by atoms with Gasteiger partial charge in [0, 0.05) is 0 Å². The van der Waals surface area contributed by atoms with Crippen LogP contribution < -0.4 is 0 Å². The summed E-state index contributed by atoms with van der Waals surface area (Å²) in [6.45, 7) is 9.96. The Balaban J connectivity index is 5.32. The van der Waals surface area contributed by atoms with Crippen LogP contribution in [-0.4, -0.2) is 27.5 Å². The molecule has 0 aromatic carbocycles. The number of methoxy groups -OCH3 is 1. The zero-order chi connectivity index (χ0) is 15.1. The number of ether oxygens (including phenoxy) is 1. The van der Waals surface area contributed by atoms with E-state index < -0.39 is 19.8 Å². The fourth-order valence-corrected chi connectivity index (χ4v) is 5.03. The first kappa shape index (κ1) is 18.1. The number of carbonyl (C=O) groups is 1. The molecule has 0 spiro atoms. The van der Waals surface area contributed by atoms with Crippen LogP contribution in [0.3, 0.4) is 0 Å². The van der Waals surface area contributed by atoms with E-state index in [2.05, 4.69) is 26.8 Å². The second-order valence-corrected chi connectivity index (χ2v) is 9.86. The summed E-state index contributed by atoms with van der Waals surface area (Å²) < 4.78 is 11.0. The molecule has 5 heteroatoms. The zero-order valence-electron chi connectivity index (χ0n) is 13.1. The molecule has 1 unspecified atom stereocenters. The van der Waals surface area contributed by atoms with E-state index in [4.69, 9.17) is 9.16 Å². The molecule has 0 heterocycles. The average molecular weight is 285 g/mol. The molecule has 2 atom stereocenters. The third-order valence-corrected chi connectivity index (χ3v) is 8.98. The predicted octanol–water partition coefficient (Wildman–Crippen LogP) is 3.49. The molecule has 4 nitrogen and oxygen atoms in total. The topological polar surface area (TPSA) is 59.3 Å². The highest BCUT2D eigenvalue weighted by molar-refractivity contribution is 6.73. The molecule has 0 rings (SSSR count). The van der Waals surface area contributed by atoms with Gasteiger partial charge in [0.2, 0.25) is 0 Å². The van der Waals surface area contributed by atoms with Crippen LogP contribution in [0.5, 0.6) is 0 Å². The molecule has 0 saturated carbocycles. The summed E-state index contributed by atoms with van der Waals surface area (Å²) in [4.78, 5) is 12.0. The van der Waals surface area contributed by atoms with E-state index in [1.807, 2.05) is 6.92 Å². The van der Waals surface area contributed by atoms with Crippen molar-refractivity contribution in [1.82, 2.24) is 0 Å². The summed E-state index contributed by atoms with van der Waals surface area (Å²) in [6, 6.07) is 5.05. The lowest BCUT2D eigenvalue weighted by atomic mass is 9.82. The van der Waals surface area contributed by atoms with E-state index in [0.717, 1.165) is 18.1 Å². The number of nitriles is 1. The van der Waals surface area contributed by atoms with Crippen molar-refractivity contribution < 1.29 is 14.0 Å². The van der Waals surface area contributed by atoms with Crippen LogP contribution in [0.2, 0.25) is 18.1 Å². The minimum absolute atomic E-state index is 0.368. The smallest absolute Gasteiger partial charge is 0.315 e. The van der Waals surface area contributed by atoms with Gasteiger partial charge in [-0.3, -0.25) is 4.79 Å². The van der Waals surface area contributed by atoms with Crippen LogP contribution in [0.15, 0.2) is 0 Å². The normalized spacial score (nSPS) is 16.3. The molecule has 0 aliphatic carbocycles. The van der Waals surface area contributed by atoms with Gasteiger partial charge in [0.15, 0.2) is 8.32 Å². The van der Waals surface area contributed by atoms with Gasteiger partial charge >= 0.3 is 5.97 Å². The third-order valence-electron chi connectivity index (χ3n) is 4.38. The Morgan fingerprint density at radius 2 is 1.74 bits per heavy atom. The quantitative estimate of drug-likeness (QED) is 0.506. The van der Waals surface area contributed by atoms with Gasteiger partial charge in [-0.25, -0.2) is 0 Å². The number of nitrogens with zero attached hydrogens (tertiary/aromatic N) is 1. The lowest BCUT2D eigenvalue weighted by Gasteiger charge is -2.37. The number of esters is 1. The molecule has 0 fully saturated rings. The number of hydrogen-bond donors (Lipinski definition) is 0. The molecular formula is C14H27NO3Si. The van der Waals surface area contributed by atoms with Gasteiger partial charge in [-0.05, 0) is 31.5 Å². The Morgan fingerprint density at radius 1 is 1.26 bits per heavy atom. The molecule has 19 heavy (non-hydrogen) atoms. The van der Waals surface area contributed by atoms with Crippen molar-refractivity contribution in [1.29, 1.82) is 5.26 Å². The van der Waals surface area contributed by atoms with Crippen LogP contribution in [0.25, 0.3) is 0 Å². The molecule has 0 aromatic heterocycles. The monoisotopic (exact) mass is 285 g/mol. The Kier molecular flexibility index (Phi) is 7.31. The lowest BCUT2D eigenvalue weighted by molar-refractivity contribution is -0.156. The van der Waals surface area contributed by atoms with Gasteiger partial charge in [-0.2, -0.15) is 5.26 Å². The average Bonchev–Trinajstić information content (AvgIpc) is 2.47. The van der Waals surface area contributed by atoms with Crippen LogP contribution in [0, 0.1) is 16.7 Å². The van der Waals surface area contributed by atoms with Crippen LogP contribution in [0.4, 0.5) is 0 Å². The number of hydrogen-bond acceptors (Lipinski definition) is 4. The summed E-state index contributed by atoms with van der Waals surface area (Å²) in [7, 11) is -0.560. The van der Waals surface area contributed by atoms with Crippen molar-refractivity contribution in [2.75, 3.05) is 7.11 Å². The molecule has 0 amide bonds. The highest BCUT2D eigenvalue weighted by Crippen LogP contribution is 2.34. The molecule has 0 saturated heterocycles. The first-order valence-electron chi connectivity index (χ1n) is 7.05. The van der Waals surface area contributed by atoms with Gasteiger partial charge in [-0.15, -0.1) is 0 Å². The van der Waals surface area contributed by atoms with E-state index in [-0.39, 0.29) is 5.97 Å². The molecule has 0 aliphatic heterocycles. The molecule has 0 aromatic rings. The third kappa shape index (κ3) is 3.80. The van der Waals surface area contributed by atoms with E-state index in [1.54, 1.807) is 6.92 Å². The molecule has 0 radical (unpaired) electrons. The van der Waals surface area contributed by atoms with Crippen molar-refractivity contribution in [3.8, 4) is 6.07 Å². The van der Waals surface area contributed by atoms with Gasteiger partial charge in [0.05, 0.1) is 13.2 Å². The Morgan fingerprint density at radius 3 is 2.00 bits per heavy atom. The van der Waals surface area contributed by atoms with E-state index in [1.165, 1.54) is 7.11 Å². The fraction of sp³-hybridized carbons (Fsp3) is 0.857. The van der Waals surface area contributed by atoms with Crippen molar-refractivity contribution in [3.63, 3.8) is 0 Å². The van der Waals surface area contributed by atoms with Crippen molar-refractivity contribution >= 4 is 14.3 Å². The fourth-order valence-electron chi connectivity index (χ4n) is 2.22. The minimum atomic E-state index is -1.92. The lowest BCUT2D eigenvalue weighted by Crippen LogP contribution is -2.48. The van der Waals surface area contributed by atoms with Gasteiger partial charge in [0.25, 0.3) is 0 Å². The van der Waals surface area contributed by atoms with E-state index >= 15 is 0 Å². The first-order valence-corrected chi connectivity index (χ1v) is 9.58. The minimum Gasteiger partial charge on any atom is -0.468 e. The summed E-state index contributed by atoms with van der Waals surface area (Å²) in [5.41, 5.74) is -0.888. The summed E-state index contributed by atoms with van der Waals surface area (Å²) >= 11 is 0. The summed E-state index contributed by atoms with van der Waals surface area (Å²) in [5, 5.41) is 9.43. The van der Waals surface area contributed by atoms with Gasteiger partial charge in [-0.1, -0.05) is 27.7 Å². The number of rotatable bonds is 8. The molecule has 0 N–H and O–H groups in total. The maximum absolute atomic E-state index is 12.0. The van der Waals surface area contributed by atoms with Gasteiger partial charge in [0.1, 0.15) is 11.5 Å². The second kappa shape index (κ2) is 7.66. The maximum Gasteiger partial charge on any atom is 0.315 e. The van der Waals surface area contributed by atoms with Crippen molar-refractivity contribution in [2.24, 2.45) is 5.41 Å². The molecule has 0 aliphatic rings. The largest absolute Gasteiger partial charge is 0.468 e.